The lowest BCUT2D eigenvalue weighted by atomic mass is 9.77. The highest BCUT2D eigenvalue weighted by molar-refractivity contribution is 6.05. The van der Waals surface area contributed by atoms with Crippen LogP contribution in [-0.4, -0.2) is 85.3 Å². The lowest BCUT2D eigenvalue weighted by Gasteiger charge is -2.41. The van der Waals surface area contributed by atoms with E-state index in [0.717, 1.165) is 17.7 Å². The second-order valence-electron chi connectivity index (χ2n) is 15.1. The summed E-state index contributed by atoms with van der Waals surface area (Å²) < 4.78 is 60.6. The Bertz CT molecular complexity index is 1560. The van der Waals surface area contributed by atoms with Crippen molar-refractivity contribution in [2.75, 3.05) is 45.3 Å². The minimum absolute atomic E-state index is 0.0790. The number of hydrogen-bond acceptors (Lipinski definition) is 6. The Morgan fingerprint density at radius 1 is 1.08 bits per heavy atom. The van der Waals surface area contributed by atoms with Crippen molar-refractivity contribution >= 4 is 23.6 Å². The number of carbonyl (C=O) groups is 3. The molecule has 0 aromatic heterocycles. The first-order chi connectivity index (χ1) is 22.9. The van der Waals surface area contributed by atoms with E-state index in [1.165, 1.54) is 30.7 Å². The summed E-state index contributed by atoms with van der Waals surface area (Å²) in [7, 11) is 3.10. The van der Waals surface area contributed by atoms with E-state index in [4.69, 9.17) is 14.2 Å². The molecule has 1 saturated carbocycles. The van der Waals surface area contributed by atoms with E-state index in [9.17, 15) is 27.6 Å². The normalized spacial score (nSPS) is 23.2. The number of alkyl halides is 3. The first kappa shape index (κ1) is 36.5. The third-order valence-electron chi connectivity index (χ3n) is 9.92. The maximum Gasteiger partial charge on any atom is 0.417 e. The number of nitrogens with zero attached hydrogens (tertiary/aromatic N) is 3. The highest BCUT2D eigenvalue weighted by atomic mass is 19.4. The summed E-state index contributed by atoms with van der Waals surface area (Å²) in [5, 5.41) is 0. The summed E-state index contributed by atoms with van der Waals surface area (Å²) in [4.78, 5) is 45.4. The number of unbranched alkanes of at least 4 members (excludes halogenated alkanes) is 1. The predicted octanol–water partition coefficient (Wildman–Crippen LogP) is 6.97. The zero-order chi connectivity index (χ0) is 35.9. The molecule has 1 saturated heterocycles. The fourth-order valence-electron chi connectivity index (χ4n) is 7.38. The van der Waals surface area contributed by atoms with Crippen LogP contribution < -0.4 is 9.64 Å². The van der Waals surface area contributed by atoms with Crippen molar-refractivity contribution < 1.29 is 41.8 Å². The van der Waals surface area contributed by atoms with Crippen LogP contribution in [0, 0.1) is 11.3 Å². The second kappa shape index (κ2) is 13.5. The van der Waals surface area contributed by atoms with Gasteiger partial charge in [0.1, 0.15) is 11.4 Å². The van der Waals surface area contributed by atoms with Gasteiger partial charge in [0.25, 0.3) is 11.8 Å². The molecule has 0 N–H and O–H groups in total. The van der Waals surface area contributed by atoms with E-state index in [1.54, 1.807) is 32.8 Å². The average Bonchev–Trinajstić information content (AvgIpc) is 3.73. The summed E-state index contributed by atoms with van der Waals surface area (Å²) in [6.45, 7) is 9.93. The number of piperidine rings is 1. The van der Waals surface area contributed by atoms with Gasteiger partial charge in [0.2, 0.25) is 0 Å². The number of ether oxygens (including phenoxy) is 3. The molecule has 1 aliphatic carbocycles. The topological polar surface area (TPSA) is 88.6 Å². The minimum atomic E-state index is -4.87. The van der Waals surface area contributed by atoms with Crippen LogP contribution in [0.4, 0.5) is 23.7 Å². The Labute approximate surface area is 286 Å². The number of rotatable bonds is 9. The number of benzene rings is 2. The number of fused-ring (bicyclic) bond motifs is 1. The number of hydrogen-bond donors (Lipinski definition) is 0. The molecule has 2 aliphatic heterocycles. The van der Waals surface area contributed by atoms with Crippen molar-refractivity contribution in [1.82, 2.24) is 9.80 Å². The molecule has 3 aliphatic rings. The maximum absolute atomic E-state index is 14.7. The van der Waals surface area contributed by atoms with Crippen molar-refractivity contribution in [3.05, 3.63) is 59.2 Å². The standard InChI is InChI=1S/C37H48F3N3O6/c1-34(2,3)49-33(46)42-17-15-25(19-24-13-9-8-10-14-24)36(23-42)22-30(36)41(6)31(44)26-20-28-29(21-27(26)37(38,39)40)48-35(4,5)32(45)43(28)16-11-12-18-47-7/h8-10,13-14,20-21,25,30H,11-12,15-19,22-23H2,1-7H3/t25-,30?,36?/m1/s1. The molecule has 1 spiro atoms. The summed E-state index contributed by atoms with van der Waals surface area (Å²) >= 11 is 0. The van der Waals surface area contributed by atoms with Crippen LogP contribution >= 0.6 is 0 Å². The molecule has 49 heavy (non-hydrogen) atoms. The van der Waals surface area contributed by atoms with E-state index >= 15 is 0 Å². The van der Waals surface area contributed by atoms with Gasteiger partial charge in [-0.05, 0) is 90.3 Å². The fraction of sp³-hybridized carbons (Fsp3) is 0.595. The Morgan fingerprint density at radius 3 is 2.41 bits per heavy atom. The van der Waals surface area contributed by atoms with Crippen LogP contribution in [0.1, 0.15) is 81.8 Å². The molecule has 2 heterocycles. The van der Waals surface area contributed by atoms with E-state index < -0.39 is 57.9 Å². The first-order valence-electron chi connectivity index (χ1n) is 16.9. The number of anilines is 1. The van der Waals surface area contributed by atoms with Gasteiger partial charge >= 0.3 is 12.3 Å². The number of methoxy groups -OCH3 is 1. The molecular formula is C37H48F3N3O6. The Balaban J connectivity index is 1.48. The number of amides is 3. The third kappa shape index (κ3) is 7.69. The van der Waals surface area contributed by atoms with Gasteiger partial charge in [-0.1, -0.05) is 30.3 Å². The van der Waals surface area contributed by atoms with Gasteiger partial charge in [-0.2, -0.15) is 13.2 Å². The van der Waals surface area contributed by atoms with Gasteiger partial charge in [-0.15, -0.1) is 0 Å². The molecule has 9 nitrogen and oxygen atoms in total. The van der Waals surface area contributed by atoms with E-state index in [-0.39, 0.29) is 23.9 Å². The average molecular weight is 688 g/mol. The Kier molecular flexibility index (Phi) is 10.0. The molecular weight excluding hydrogens is 639 g/mol. The zero-order valence-corrected chi connectivity index (χ0v) is 29.5. The smallest absolute Gasteiger partial charge is 0.417 e. The van der Waals surface area contributed by atoms with Gasteiger partial charge in [0.15, 0.2) is 5.60 Å². The summed E-state index contributed by atoms with van der Waals surface area (Å²) in [6.07, 6.45) is -2.24. The Morgan fingerprint density at radius 2 is 1.78 bits per heavy atom. The molecule has 2 unspecified atom stereocenters. The van der Waals surface area contributed by atoms with E-state index in [0.29, 0.717) is 51.8 Å². The lowest BCUT2D eigenvalue weighted by Crippen LogP contribution is -2.53. The molecule has 12 heteroatoms. The van der Waals surface area contributed by atoms with Gasteiger partial charge in [0.05, 0.1) is 16.8 Å². The predicted molar refractivity (Wildman–Crippen MR) is 179 cm³/mol. The lowest BCUT2D eigenvalue weighted by molar-refractivity contribution is -0.138. The quantitative estimate of drug-likeness (QED) is 0.265. The number of likely N-dealkylation sites (tertiary alicyclic amines) is 1. The first-order valence-corrected chi connectivity index (χ1v) is 16.9. The fourth-order valence-corrected chi connectivity index (χ4v) is 7.38. The monoisotopic (exact) mass is 687 g/mol. The van der Waals surface area contributed by atoms with Crippen molar-refractivity contribution in [3.8, 4) is 5.75 Å². The van der Waals surface area contributed by atoms with E-state index in [2.05, 4.69) is 0 Å². The van der Waals surface area contributed by atoms with Crippen molar-refractivity contribution in [2.45, 2.75) is 90.1 Å². The van der Waals surface area contributed by atoms with Crippen LogP contribution in [0.3, 0.4) is 0 Å². The molecule has 5 rings (SSSR count). The molecule has 2 aromatic carbocycles. The van der Waals surface area contributed by atoms with Crippen LogP contribution in [0.5, 0.6) is 5.75 Å². The highest BCUT2D eigenvalue weighted by Crippen LogP contribution is 2.59. The molecule has 2 fully saturated rings. The largest absolute Gasteiger partial charge is 0.476 e. The van der Waals surface area contributed by atoms with Crippen LogP contribution in [0.25, 0.3) is 0 Å². The second-order valence-corrected chi connectivity index (χ2v) is 15.1. The molecule has 3 amide bonds. The van der Waals surface area contributed by atoms with Gasteiger partial charge < -0.3 is 28.9 Å². The van der Waals surface area contributed by atoms with Crippen molar-refractivity contribution in [3.63, 3.8) is 0 Å². The van der Waals surface area contributed by atoms with Crippen LogP contribution in [-0.2, 0) is 26.9 Å². The zero-order valence-electron chi connectivity index (χ0n) is 29.5. The molecule has 2 aromatic rings. The third-order valence-corrected chi connectivity index (χ3v) is 9.92. The molecule has 3 atom stereocenters. The summed E-state index contributed by atoms with van der Waals surface area (Å²) in [5.74, 6) is -1.23. The summed E-state index contributed by atoms with van der Waals surface area (Å²) in [5.41, 5.74) is -3.04. The van der Waals surface area contributed by atoms with Gasteiger partial charge in [-0.25, -0.2) is 4.79 Å². The Hall–Kier alpha value is -3.80. The van der Waals surface area contributed by atoms with E-state index in [1.807, 2.05) is 30.3 Å². The minimum Gasteiger partial charge on any atom is -0.476 e. The SMILES string of the molecule is COCCCCN1C(=O)C(C)(C)Oc2cc(C(F)(F)F)c(C(=O)N(C)C3CC34CN(C(=O)OC(C)(C)C)CC[C@@H]4Cc3ccccc3)cc21. The highest BCUT2D eigenvalue weighted by Gasteiger charge is 2.64. The molecule has 268 valence electrons. The van der Waals surface area contributed by atoms with Crippen LogP contribution in [0.2, 0.25) is 0 Å². The van der Waals surface area contributed by atoms with Crippen molar-refractivity contribution in [2.24, 2.45) is 11.3 Å². The maximum atomic E-state index is 14.7. The number of halogens is 3. The molecule has 0 bridgehead atoms. The van der Waals surface area contributed by atoms with Gasteiger partial charge in [0, 0.05) is 51.9 Å². The van der Waals surface area contributed by atoms with Gasteiger partial charge in [-0.3, -0.25) is 9.59 Å². The molecule has 0 radical (unpaired) electrons. The number of carbonyl (C=O) groups excluding carboxylic acids is 3. The van der Waals surface area contributed by atoms with Crippen LogP contribution in [0.15, 0.2) is 42.5 Å². The summed E-state index contributed by atoms with van der Waals surface area (Å²) in [6, 6.07) is 11.5. The van der Waals surface area contributed by atoms with Crippen molar-refractivity contribution in [1.29, 1.82) is 0 Å².